The van der Waals surface area contributed by atoms with Gasteiger partial charge in [0.25, 0.3) is 12.0 Å². The molecule has 44 heavy (non-hydrogen) atoms. The Hall–Kier alpha value is -3.88. The number of alkyl halides is 2. The number of nitrogens with zero attached hydrogens (tertiary/aromatic N) is 4. The molecule has 234 valence electrons. The van der Waals surface area contributed by atoms with Crippen molar-refractivity contribution in [2.75, 3.05) is 32.0 Å². The van der Waals surface area contributed by atoms with Gasteiger partial charge in [0.05, 0.1) is 40.0 Å². The van der Waals surface area contributed by atoms with Crippen LogP contribution in [0.15, 0.2) is 29.1 Å². The molecule has 3 aromatic rings. The topological polar surface area (TPSA) is 90.7 Å². The molecule has 4 heterocycles. The first-order valence-corrected chi connectivity index (χ1v) is 14.9. The number of piperidine rings is 1. The first-order valence-electron chi connectivity index (χ1n) is 14.9. The van der Waals surface area contributed by atoms with E-state index in [4.69, 9.17) is 4.98 Å². The predicted molar refractivity (Wildman–Crippen MR) is 163 cm³/mol. The lowest BCUT2D eigenvalue weighted by molar-refractivity contribution is -0.133. The van der Waals surface area contributed by atoms with E-state index in [9.17, 15) is 23.5 Å². The van der Waals surface area contributed by atoms with E-state index in [1.165, 1.54) is 23.6 Å². The third-order valence-electron chi connectivity index (χ3n) is 9.08. The smallest absolute Gasteiger partial charge is 0.266 e. The van der Waals surface area contributed by atoms with Gasteiger partial charge in [0, 0.05) is 43.6 Å². The summed E-state index contributed by atoms with van der Waals surface area (Å²) in [6, 6.07) is 4.80. The summed E-state index contributed by atoms with van der Waals surface area (Å²) in [6.45, 7) is 6.44. The van der Waals surface area contributed by atoms with E-state index in [1.807, 2.05) is 7.05 Å². The molecule has 11 heteroatoms. The molecule has 2 fully saturated rings. The van der Waals surface area contributed by atoms with Gasteiger partial charge in [0.15, 0.2) is 0 Å². The van der Waals surface area contributed by atoms with Gasteiger partial charge < -0.3 is 19.9 Å². The SMILES string of the molecule is CC(=O)N1CCC(O)(c2cc3c(N[C@H](C)c4cccc(C(F)F)c4F)nc(C)c(C#C[C@H]4CCCN4C)c3n(C)c2=O)CC1. The molecule has 2 saturated heterocycles. The molecular formula is C33H38F3N5O3. The zero-order valence-corrected chi connectivity index (χ0v) is 25.7. The van der Waals surface area contributed by atoms with Crippen molar-refractivity contribution in [2.45, 2.75) is 70.6 Å². The molecule has 0 radical (unpaired) electrons. The Balaban J connectivity index is 1.67. The monoisotopic (exact) mass is 609 g/mol. The number of aryl methyl sites for hydroxylation is 2. The lowest BCUT2D eigenvalue weighted by Crippen LogP contribution is -2.47. The number of rotatable bonds is 5. The molecule has 1 amide bonds. The number of aromatic nitrogens is 2. The molecular weight excluding hydrogens is 571 g/mol. The predicted octanol–water partition coefficient (Wildman–Crippen LogP) is 4.77. The van der Waals surface area contributed by atoms with E-state index < -0.39 is 35.0 Å². The van der Waals surface area contributed by atoms with Crippen LogP contribution in [0.5, 0.6) is 0 Å². The van der Waals surface area contributed by atoms with Gasteiger partial charge in [0.1, 0.15) is 11.6 Å². The Morgan fingerprint density at radius 3 is 2.48 bits per heavy atom. The van der Waals surface area contributed by atoms with Gasteiger partial charge in [-0.2, -0.15) is 0 Å². The second kappa shape index (κ2) is 12.3. The van der Waals surface area contributed by atoms with Crippen molar-refractivity contribution in [1.82, 2.24) is 19.4 Å². The van der Waals surface area contributed by atoms with Crippen LogP contribution in [-0.4, -0.2) is 63.1 Å². The quantitative estimate of drug-likeness (QED) is 0.406. The highest BCUT2D eigenvalue weighted by atomic mass is 19.3. The second-order valence-electron chi connectivity index (χ2n) is 12.0. The van der Waals surface area contributed by atoms with Gasteiger partial charge >= 0.3 is 0 Å². The lowest BCUT2D eigenvalue weighted by atomic mass is 9.84. The van der Waals surface area contributed by atoms with E-state index in [0.717, 1.165) is 25.5 Å². The van der Waals surface area contributed by atoms with Crippen LogP contribution in [0.2, 0.25) is 0 Å². The number of aliphatic hydroxyl groups is 1. The fourth-order valence-corrected chi connectivity index (χ4v) is 6.33. The number of benzene rings is 1. The molecule has 0 aliphatic carbocycles. The maximum Gasteiger partial charge on any atom is 0.266 e. The van der Waals surface area contributed by atoms with Crippen LogP contribution in [0, 0.1) is 24.6 Å². The van der Waals surface area contributed by atoms with Crippen LogP contribution >= 0.6 is 0 Å². The summed E-state index contributed by atoms with van der Waals surface area (Å²) in [7, 11) is 3.64. The Morgan fingerprint density at radius 2 is 1.86 bits per heavy atom. The maximum absolute atomic E-state index is 15.1. The Labute approximate surface area is 254 Å². The van der Waals surface area contributed by atoms with Crippen molar-refractivity contribution < 1.29 is 23.1 Å². The average Bonchev–Trinajstić information content (AvgIpc) is 3.38. The normalized spacial score (nSPS) is 19.2. The number of fused-ring (bicyclic) bond motifs is 1. The standard InChI is InChI=1S/C33H38F3N5O3/c1-19(23-9-6-10-25(28(23)34)30(35)36)37-31-26-18-27(33(44)13-16-41(17-14-33)21(3)42)32(43)40(5)29(26)24(20(2)38-31)12-11-22-8-7-15-39(22)4/h6,9-10,18-19,22,30,44H,7-8,13-17H2,1-5H3,(H,37,38)/t19-,22-/m1/s1. The Morgan fingerprint density at radius 1 is 1.18 bits per heavy atom. The van der Waals surface area contributed by atoms with E-state index >= 15 is 4.39 Å². The van der Waals surface area contributed by atoms with Crippen LogP contribution in [0.1, 0.15) is 79.9 Å². The summed E-state index contributed by atoms with van der Waals surface area (Å²) in [5, 5.41) is 15.4. The van der Waals surface area contributed by atoms with Crippen LogP contribution in [0.25, 0.3) is 10.9 Å². The van der Waals surface area contributed by atoms with Crippen molar-refractivity contribution >= 4 is 22.6 Å². The number of hydrogen-bond acceptors (Lipinski definition) is 6. The van der Waals surface area contributed by atoms with Crippen molar-refractivity contribution in [3.63, 3.8) is 0 Å². The largest absolute Gasteiger partial charge is 0.385 e. The summed E-state index contributed by atoms with van der Waals surface area (Å²) in [4.78, 5) is 34.4. The lowest BCUT2D eigenvalue weighted by Gasteiger charge is -2.38. The first kappa shape index (κ1) is 31.5. The van der Waals surface area contributed by atoms with Gasteiger partial charge in [-0.1, -0.05) is 30.0 Å². The van der Waals surface area contributed by atoms with E-state index in [1.54, 1.807) is 31.9 Å². The number of nitrogens with one attached hydrogen (secondary N) is 1. The highest BCUT2D eigenvalue weighted by Crippen LogP contribution is 2.36. The fraction of sp³-hybridized carbons (Fsp3) is 0.485. The number of carbonyl (C=O) groups is 1. The minimum Gasteiger partial charge on any atom is -0.385 e. The Kier molecular flexibility index (Phi) is 8.78. The summed E-state index contributed by atoms with van der Waals surface area (Å²) in [5.41, 5.74) is -0.748. The summed E-state index contributed by atoms with van der Waals surface area (Å²) >= 11 is 0. The molecule has 2 aromatic heterocycles. The molecule has 0 bridgehead atoms. The second-order valence-corrected chi connectivity index (χ2v) is 12.0. The molecule has 0 unspecified atom stereocenters. The Bertz CT molecular complexity index is 1720. The molecule has 0 saturated carbocycles. The molecule has 5 rings (SSSR count). The summed E-state index contributed by atoms with van der Waals surface area (Å²) in [5.74, 6) is 5.81. The number of anilines is 1. The number of hydrogen-bond donors (Lipinski definition) is 2. The van der Waals surface area contributed by atoms with Gasteiger partial charge in [0.2, 0.25) is 5.91 Å². The molecule has 8 nitrogen and oxygen atoms in total. The van der Waals surface area contributed by atoms with Gasteiger partial charge in [-0.3, -0.25) is 14.5 Å². The van der Waals surface area contributed by atoms with Crippen molar-refractivity contribution in [3.8, 4) is 11.8 Å². The van der Waals surface area contributed by atoms with Crippen LogP contribution in [-0.2, 0) is 17.4 Å². The number of likely N-dealkylation sites (tertiary alicyclic amines) is 2. The maximum atomic E-state index is 15.1. The van der Waals surface area contributed by atoms with E-state index in [2.05, 4.69) is 22.1 Å². The molecule has 0 spiro atoms. The minimum absolute atomic E-state index is 0.0452. The summed E-state index contributed by atoms with van der Waals surface area (Å²) < 4.78 is 43.5. The molecule has 2 aliphatic rings. The van der Waals surface area contributed by atoms with Gasteiger partial charge in [-0.15, -0.1) is 0 Å². The molecule has 2 N–H and O–H groups in total. The highest BCUT2D eigenvalue weighted by molar-refractivity contribution is 5.95. The third-order valence-corrected chi connectivity index (χ3v) is 9.08. The zero-order chi connectivity index (χ0) is 31.9. The number of amides is 1. The van der Waals surface area contributed by atoms with Crippen LogP contribution < -0.4 is 10.9 Å². The zero-order valence-electron chi connectivity index (χ0n) is 25.7. The van der Waals surface area contributed by atoms with Crippen molar-refractivity contribution in [2.24, 2.45) is 7.05 Å². The summed E-state index contributed by atoms with van der Waals surface area (Å²) in [6.07, 6.45) is -0.635. The van der Waals surface area contributed by atoms with Crippen LogP contribution in [0.4, 0.5) is 19.0 Å². The van der Waals surface area contributed by atoms with E-state index in [0.29, 0.717) is 41.1 Å². The number of carbonyl (C=O) groups excluding carboxylic acids is 1. The number of halogens is 3. The number of pyridine rings is 2. The fourth-order valence-electron chi connectivity index (χ4n) is 6.33. The van der Waals surface area contributed by atoms with Gasteiger partial charge in [-0.25, -0.2) is 18.2 Å². The van der Waals surface area contributed by atoms with Crippen molar-refractivity contribution in [3.05, 3.63) is 68.4 Å². The first-order chi connectivity index (χ1) is 20.8. The molecule has 2 aliphatic heterocycles. The molecule has 1 aromatic carbocycles. The van der Waals surface area contributed by atoms with Gasteiger partial charge in [-0.05, 0) is 59.2 Å². The van der Waals surface area contributed by atoms with Crippen molar-refractivity contribution in [1.29, 1.82) is 0 Å². The van der Waals surface area contributed by atoms with Crippen LogP contribution in [0.3, 0.4) is 0 Å². The van der Waals surface area contributed by atoms with E-state index in [-0.39, 0.29) is 35.9 Å². The third kappa shape index (κ3) is 5.81. The highest BCUT2D eigenvalue weighted by Gasteiger charge is 2.38. The average molecular weight is 610 g/mol. The minimum atomic E-state index is -2.97. The molecule has 2 atom stereocenters.